The summed E-state index contributed by atoms with van der Waals surface area (Å²) in [5, 5.41) is 0.959. The van der Waals surface area contributed by atoms with Gasteiger partial charge in [0.2, 0.25) is 10.0 Å². The van der Waals surface area contributed by atoms with Gasteiger partial charge in [-0.05, 0) is 37.3 Å². The lowest BCUT2D eigenvalue weighted by Crippen LogP contribution is -2.36. The molecule has 0 spiro atoms. The van der Waals surface area contributed by atoms with Crippen molar-refractivity contribution in [1.29, 1.82) is 0 Å². The zero-order chi connectivity index (χ0) is 23.4. The predicted molar refractivity (Wildman–Crippen MR) is 117 cm³/mol. The van der Waals surface area contributed by atoms with Crippen LogP contribution in [0, 0.1) is 5.92 Å². The number of hydrogen-bond acceptors (Lipinski definition) is 6. The molecule has 2 heterocycles. The number of fused-ring (bicyclic) bond motifs is 1. The average molecular weight is 476 g/mol. The highest BCUT2D eigenvalue weighted by molar-refractivity contribution is 7.89. The molecule has 11 heteroatoms. The van der Waals surface area contributed by atoms with E-state index in [4.69, 9.17) is 9.47 Å². The maximum absolute atomic E-state index is 12.2. The molecule has 0 radical (unpaired) electrons. The van der Waals surface area contributed by atoms with Crippen molar-refractivity contribution in [3.8, 4) is 11.5 Å². The highest BCUT2D eigenvalue weighted by Gasteiger charge is 2.30. The Morgan fingerprint density at radius 3 is 2.44 bits per heavy atom. The molecule has 0 saturated carbocycles. The number of nitrogens with zero attached hydrogens (tertiary/aromatic N) is 2. The van der Waals surface area contributed by atoms with Crippen molar-refractivity contribution in [2.24, 2.45) is 5.92 Å². The minimum atomic E-state index is -4.48. The molecule has 1 N–H and O–H groups in total. The molecule has 1 fully saturated rings. The molecule has 178 valence electrons. The zero-order valence-electron chi connectivity index (χ0n) is 18.1. The van der Waals surface area contributed by atoms with Gasteiger partial charge in [0, 0.05) is 43.0 Å². The lowest BCUT2D eigenvalue weighted by molar-refractivity contribution is -0.130. The van der Waals surface area contributed by atoms with Crippen molar-refractivity contribution in [1.82, 2.24) is 9.71 Å². The molecule has 1 saturated heterocycles. The smallest absolute Gasteiger partial charge is 0.390 e. The molecule has 1 aromatic carbocycles. The number of methoxy groups -OCH3 is 2. The summed E-state index contributed by atoms with van der Waals surface area (Å²) in [6.45, 7) is 1.73. The summed E-state index contributed by atoms with van der Waals surface area (Å²) in [7, 11) is -0.752. The van der Waals surface area contributed by atoms with Crippen LogP contribution < -0.4 is 19.1 Å². The molecule has 32 heavy (non-hydrogen) atoms. The first-order valence-corrected chi connectivity index (χ1v) is 12.1. The fourth-order valence-electron chi connectivity index (χ4n) is 3.94. The Labute approximate surface area is 186 Å². The third-order valence-corrected chi connectivity index (χ3v) is 7.09. The standard InChI is InChI=1S/C21H28F3N3O4S/c1-30-19-13-16-17(14-20(19)31-2)25-8-4-18(16)27-10-5-15(6-11-27)3-9-26-32(28,29)12-7-21(22,23)24/h4,8,13-15,26H,3,5-7,9-12H2,1-2H3. The van der Waals surface area contributed by atoms with Crippen LogP contribution in [0.15, 0.2) is 24.4 Å². The number of benzene rings is 1. The van der Waals surface area contributed by atoms with Crippen LogP contribution in [0.1, 0.15) is 25.7 Å². The summed E-state index contributed by atoms with van der Waals surface area (Å²) < 4.78 is 73.3. The normalized spacial score (nSPS) is 15.8. The van der Waals surface area contributed by atoms with Crippen molar-refractivity contribution in [3.63, 3.8) is 0 Å². The number of anilines is 1. The largest absolute Gasteiger partial charge is 0.493 e. The fraction of sp³-hybridized carbons (Fsp3) is 0.571. The van der Waals surface area contributed by atoms with Gasteiger partial charge in [-0.15, -0.1) is 0 Å². The molecule has 0 atom stereocenters. The van der Waals surface area contributed by atoms with E-state index in [-0.39, 0.29) is 6.54 Å². The van der Waals surface area contributed by atoms with E-state index in [0.29, 0.717) is 23.8 Å². The Morgan fingerprint density at radius 1 is 1.16 bits per heavy atom. The van der Waals surface area contributed by atoms with E-state index < -0.39 is 28.4 Å². The topological polar surface area (TPSA) is 80.8 Å². The van der Waals surface area contributed by atoms with Crippen molar-refractivity contribution >= 4 is 26.6 Å². The number of halogens is 3. The van der Waals surface area contributed by atoms with Crippen molar-refractivity contribution in [2.75, 3.05) is 44.5 Å². The molecule has 0 unspecified atom stereocenters. The van der Waals surface area contributed by atoms with Crippen LogP contribution in [0.4, 0.5) is 18.9 Å². The lowest BCUT2D eigenvalue weighted by Gasteiger charge is -2.34. The summed E-state index contributed by atoms with van der Waals surface area (Å²) in [5.74, 6) is 0.612. The monoisotopic (exact) mass is 475 g/mol. The number of pyridine rings is 1. The Bertz CT molecular complexity index is 1020. The van der Waals surface area contributed by atoms with Crippen LogP contribution >= 0.6 is 0 Å². The van der Waals surface area contributed by atoms with Crippen LogP contribution in [-0.2, 0) is 10.0 Å². The first-order valence-electron chi connectivity index (χ1n) is 10.4. The summed E-state index contributed by atoms with van der Waals surface area (Å²) in [4.78, 5) is 6.70. The van der Waals surface area contributed by atoms with E-state index >= 15 is 0 Å². The number of ether oxygens (including phenoxy) is 2. The number of rotatable bonds is 9. The van der Waals surface area contributed by atoms with Crippen LogP contribution in [0.5, 0.6) is 11.5 Å². The highest BCUT2D eigenvalue weighted by Crippen LogP contribution is 2.37. The molecule has 1 aliphatic heterocycles. The first kappa shape index (κ1) is 24.4. The number of piperidine rings is 1. The minimum absolute atomic E-state index is 0.153. The second kappa shape index (κ2) is 10.1. The molecule has 1 aromatic heterocycles. The van der Waals surface area contributed by atoms with Gasteiger partial charge in [-0.1, -0.05) is 0 Å². The van der Waals surface area contributed by atoms with E-state index in [0.717, 1.165) is 42.5 Å². The second-order valence-corrected chi connectivity index (χ2v) is 9.78. The molecule has 0 amide bonds. The molecule has 7 nitrogen and oxygen atoms in total. The number of alkyl halides is 3. The SMILES string of the molecule is COc1cc2nccc(N3CCC(CCNS(=O)(=O)CCC(F)(F)F)CC3)c2cc1OC. The van der Waals surface area contributed by atoms with Crippen LogP contribution in [-0.4, -0.2) is 59.2 Å². The Morgan fingerprint density at radius 2 is 1.81 bits per heavy atom. The van der Waals surface area contributed by atoms with E-state index in [1.807, 2.05) is 18.2 Å². The van der Waals surface area contributed by atoms with Crippen molar-refractivity contribution in [2.45, 2.75) is 31.9 Å². The predicted octanol–water partition coefficient (Wildman–Crippen LogP) is 3.73. The zero-order valence-corrected chi connectivity index (χ0v) is 18.9. The molecular weight excluding hydrogens is 447 g/mol. The molecule has 1 aliphatic rings. The van der Waals surface area contributed by atoms with E-state index in [1.54, 1.807) is 20.4 Å². The summed E-state index contributed by atoms with van der Waals surface area (Å²) in [6, 6.07) is 5.72. The van der Waals surface area contributed by atoms with Crippen molar-refractivity contribution in [3.05, 3.63) is 24.4 Å². The van der Waals surface area contributed by atoms with Gasteiger partial charge in [-0.3, -0.25) is 4.98 Å². The van der Waals surface area contributed by atoms with Gasteiger partial charge in [0.15, 0.2) is 11.5 Å². The number of aromatic nitrogens is 1. The Kier molecular flexibility index (Phi) is 7.71. The fourth-order valence-corrected chi connectivity index (χ4v) is 5.01. The third-order valence-electron chi connectivity index (χ3n) is 5.71. The van der Waals surface area contributed by atoms with Gasteiger partial charge >= 0.3 is 6.18 Å². The summed E-state index contributed by atoms with van der Waals surface area (Å²) >= 11 is 0. The van der Waals surface area contributed by atoms with Gasteiger partial charge in [0.1, 0.15) is 0 Å². The number of hydrogen-bond donors (Lipinski definition) is 1. The first-order chi connectivity index (χ1) is 15.1. The molecule has 0 bridgehead atoms. The minimum Gasteiger partial charge on any atom is -0.493 e. The van der Waals surface area contributed by atoms with Crippen LogP contribution in [0.3, 0.4) is 0 Å². The van der Waals surface area contributed by atoms with Gasteiger partial charge in [-0.25, -0.2) is 13.1 Å². The van der Waals surface area contributed by atoms with Crippen LogP contribution in [0.2, 0.25) is 0 Å². The van der Waals surface area contributed by atoms with Crippen LogP contribution in [0.25, 0.3) is 10.9 Å². The van der Waals surface area contributed by atoms with E-state index in [9.17, 15) is 21.6 Å². The molecule has 3 rings (SSSR count). The van der Waals surface area contributed by atoms with Gasteiger partial charge in [0.25, 0.3) is 0 Å². The van der Waals surface area contributed by atoms with E-state index in [1.165, 1.54) is 0 Å². The van der Waals surface area contributed by atoms with E-state index in [2.05, 4.69) is 14.6 Å². The lowest BCUT2D eigenvalue weighted by atomic mass is 9.93. The third kappa shape index (κ3) is 6.38. The summed E-state index contributed by atoms with van der Waals surface area (Å²) in [5.41, 5.74) is 1.85. The Balaban J connectivity index is 1.56. The Hall–Kier alpha value is -2.27. The van der Waals surface area contributed by atoms with Crippen molar-refractivity contribution < 1.29 is 31.1 Å². The summed E-state index contributed by atoms with van der Waals surface area (Å²) in [6.07, 6.45) is -1.74. The highest BCUT2D eigenvalue weighted by atomic mass is 32.2. The molecule has 2 aromatic rings. The number of nitrogens with one attached hydrogen (secondary N) is 1. The maximum atomic E-state index is 12.2. The molecular formula is C21H28F3N3O4S. The number of sulfonamides is 1. The quantitative estimate of drug-likeness (QED) is 0.595. The molecule has 0 aliphatic carbocycles. The maximum Gasteiger partial charge on any atom is 0.390 e. The average Bonchev–Trinajstić information content (AvgIpc) is 2.76. The van der Waals surface area contributed by atoms with Gasteiger partial charge < -0.3 is 14.4 Å². The van der Waals surface area contributed by atoms with Gasteiger partial charge in [0.05, 0.1) is 31.9 Å². The second-order valence-electron chi connectivity index (χ2n) is 7.85. The van der Waals surface area contributed by atoms with Gasteiger partial charge in [-0.2, -0.15) is 13.2 Å².